The number of hydrogen-bond acceptors (Lipinski definition) is 3. The minimum absolute atomic E-state index is 0.187. The summed E-state index contributed by atoms with van der Waals surface area (Å²) in [7, 11) is 1.92. The molecule has 0 aromatic carbocycles. The summed E-state index contributed by atoms with van der Waals surface area (Å²) >= 11 is 0. The molecule has 0 radical (unpaired) electrons. The number of morpholine rings is 1. The van der Waals surface area contributed by atoms with E-state index < -0.39 is 0 Å². The predicted molar refractivity (Wildman–Crippen MR) is 56.1 cm³/mol. The maximum atomic E-state index is 5.56. The van der Waals surface area contributed by atoms with Gasteiger partial charge in [-0.15, -0.1) is 0 Å². The molecule has 1 aliphatic rings. The zero-order valence-corrected chi connectivity index (χ0v) is 9.16. The van der Waals surface area contributed by atoms with Gasteiger partial charge in [-0.3, -0.25) is 4.68 Å². The van der Waals surface area contributed by atoms with Crippen molar-refractivity contribution < 1.29 is 4.74 Å². The van der Waals surface area contributed by atoms with E-state index in [4.69, 9.17) is 4.74 Å². The zero-order valence-electron chi connectivity index (χ0n) is 9.16. The lowest BCUT2D eigenvalue weighted by atomic mass is 10.2. The Morgan fingerprint density at radius 2 is 2.36 bits per heavy atom. The number of ether oxygens (including phenoxy) is 1. The number of nitrogens with one attached hydrogen (secondary N) is 1. The Morgan fingerprint density at radius 3 is 2.86 bits per heavy atom. The van der Waals surface area contributed by atoms with Crippen molar-refractivity contribution in [2.24, 2.45) is 7.05 Å². The fourth-order valence-corrected chi connectivity index (χ4v) is 1.39. The van der Waals surface area contributed by atoms with Gasteiger partial charge in [0.05, 0.1) is 18.9 Å². The van der Waals surface area contributed by atoms with Crippen molar-refractivity contribution in [1.29, 1.82) is 0 Å². The minimum Gasteiger partial charge on any atom is -0.371 e. The first-order chi connectivity index (χ1) is 6.86. The quantitative estimate of drug-likeness (QED) is 0.733. The number of aryl methyl sites for hydroxylation is 1. The molecule has 1 unspecified atom stereocenters. The van der Waals surface area contributed by atoms with Crippen molar-refractivity contribution in [2.45, 2.75) is 20.0 Å². The highest BCUT2D eigenvalue weighted by molar-refractivity contribution is 5.09. The molecule has 0 amide bonds. The molecule has 4 nitrogen and oxygen atoms in total. The summed E-state index contributed by atoms with van der Waals surface area (Å²) in [4.78, 5) is 0. The maximum absolute atomic E-state index is 5.56. The summed E-state index contributed by atoms with van der Waals surface area (Å²) in [6, 6.07) is 0. The molecule has 1 aliphatic heterocycles. The van der Waals surface area contributed by atoms with Crippen molar-refractivity contribution in [2.75, 3.05) is 19.7 Å². The Hall–Kier alpha value is -0.870. The standard InChI is InChI=1S/C8H13N3O.C2H6/c1-11-6-7(4-10-11)8-5-9-2-3-12-8;1-2/h4,6,8-9H,2-3,5H2,1H3;1-2H3. The fourth-order valence-electron chi connectivity index (χ4n) is 1.39. The largest absolute Gasteiger partial charge is 0.371 e. The fraction of sp³-hybridized carbons (Fsp3) is 0.700. The van der Waals surface area contributed by atoms with Crippen LogP contribution in [-0.2, 0) is 11.8 Å². The summed E-state index contributed by atoms with van der Waals surface area (Å²) < 4.78 is 7.36. The third kappa shape index (κ3) is 2.82. The van der Waals surface area contributed by atoms with Gasteiger partial charge in [-0.25, -0.2) is 0 Å². The lowest BCUT2D eigenvalue weighted by Gasteiger charge is -2.22. The van der Waals surface area contributed by atoms with Gasteiger partial charge >= 0.3 is 0 Å². The van der Waals surface area contributed by atoms with Crippen LogP contribution in [-0.4, -0.2) is 29.5 Å². The lowest BCUT2D eigenvalue weighted by Crippen LogP contribution is -2.33. The van der Waals surface area contributed by atoms with Crippen molar-refractivity contribution in [3.63, 3.8) is 0 Å². The lowest BCUT2D eigenvalue weighted by molar-refractivity contribution is 0.0276. The van der Waals surface area contributed by atoms with Crippen LogP contribution in [0.4, 0.5) is 0 Å². The normalized spacial score (nSPS) is 21.2. The molecule has 0 aliphatic carbocycles. The van der Waals surface area contributed by atoms with Gasteiger partial charge in [0.25, 0.3) is 0 Å². The van der Waals surface area contributed by atoms with Crippen molar-refractivity contribution in [3.05, 3.63) is 18.0 Å². The first kappa shape index (κ1) is 11.2. The van der Waals surface area contributed by atoms with E-state index in [-0.39, 0.29) is 6.10 Å². The molecule has 14 heavy (non-hydrogen) atoms. The molecule has 2 rings (SSSR count). The Labute approximate surface area is 85.3 Å². The molecular formula is C10H19N3O. The molecule has 80 valence electrons. The van der Waals surface area contributed by atoms with Crippen LogP contribution in [0, 0.1) is 0 Å². The average Bonchev–Trinajstić information content (AvgIpc) is 2.69. The molecule has 1 fully saturated rings. The van der Waals surface area contributed by atoms with E-state index in [0.29, 0.717) is 0 Å². The second-order valence-electron chi connectivity index (χ2n) is 3.01. The van der Waals surface area contributed by atoms with E-state index in [1.165, 1.54) is 0 Å². The Balaban J connectivity index is 0.000000461. The van der Waals surface area contributed by atoms with Gasteiger partial charge in [0, 0.05) is 31.9 Å². The number of nitrogens with zero attached hydrogens (tertiary/aromatic N) is 2. The van der Waals surface area contributed by atoms with Crippen LogP contribution in [0.5, 0.6) is 0 Å². The molecule has 1 atom stereocenters. The number of hydrogen-bond donors (Lipinski definition) is 1. The molecule has 0 bridgehead atoms. The van der Waals surface area contributed by atoms with Gasteiger partial charge in [-0.2, -0.15) is 5.10 Å². The summed E-state index contributed by atoms with van der Waals surface area (Å²) in [6.45, 7) is 6.64. The first-order valence-corrected chi connectivity index (χ1v) is 5.17. The number of rotatable bonds is 1. The van der Waals surface area contributed by atoms with Gasteiger partial charge in [-0.1, -0.05) is 13.8 Å². The van der Waals surface area contributed by atoms with Crippen LogP contribution >= 0.6 is 0 Å². The second kappa shape index (κ2) is 5.78. The Kier molecular flexibility index (Phi) is 4.62. The van der Waals surface area contributed by atoms with Gasteiger partial charge in [0.15, 0.2) is 0 Å². The zero-order chi connectivity index (χ0) is 10.4. The monoisotopic (exact) mass is 197 g/mol. The highest BCUT2D eigenvalue weighted by atomic mass is 16.5. The highest BCUT2D eigenvalue weighted by Crippen LogP contribution is 2.16. The summed E-state index contributed by atoms with van der Waals surface area (Å²) in [5, 5.41) is 7.38. The Morgan fingerprint density at radius 1 is 1.57 bits per heavy atom. The third-order valence-corrected chi connectivity index (χ3v) is 2.02. The summed E-state index contributed by atoms with van der Waals surface area (Å²) in [6.07, 6.45) is 4.04. The van der Waals surface area contributed by atoms with E-state index in [0.717, 1.165) is 25.3 Å². The van der Waals surface area contributed by atoms with Crippen LogP contribution in [0.2, 0.25) is 0 Å². The molecule has 2 heterocycles. The molecule has 1 saturated heterocycles. The SMILES string of the molecule is CC.Cn1cc(C2CNCCO2)cn1. The minimum atomic E-state index is 0.187. The van der Waals surface area contributed by atoms with Gasteiger partial charge in [-0.05, 0) is 0 Å². The topological polar surface area (TPSA) is 39.1 Å². The van der Waals surface area contributed by atoms with Crippen LogP contribution in [0.1, 0.15) is 25.5 Å². The van der Waals surface area contributed by atoms with Gasteiger partial charge < -0.3 is 10.1 Å². The van der Waals surface area contributed by atoms with E-state index in [2.05, 4.69) is 10.4 Å². The third-order valence-electron chi connectivity index (χ3n) is 2.02. The summed E-state index contributed by atoms with van der Waals surface area (Å²) in [5.74, 6) is 0. The van der Waals surface area contributed by atoms with E-state index >= 15 is 0 Å². The molecule has 0 saturated carbocycles. The molecule has 1 N–H and O–H groups in total. The Bertz CT molecular complexity index is 254. The first-order valence-electron chi connectivity index (χ1n) is 5.17. The molecule has 1 aromatic rings. The molecule has 4 heteroatoms. The van der Waals surface area contributed by atoms with Crippen LogP contribution in [0.3, 0.4) is 0 Å². The molecule has 0 spiro atoms. The van der Waals surface area contributed by atoms with Gasteiger partial charge in [0.1, 0.15) is 0 Å². The highest BCUT2D eigenvalue weighted by Gasteiger charge is 2.16. The van der Waals surface area contributed by atoms with E-state index in [9.17, 15) is 0 Å². The van der Waals surface area contributed by atoms with Crippen LogP contribution in [0.15, 0.2) is 12.4 Å². The average molecular weight is 197 g/mol. The summed E-state index contributed by atoms with van der Waals surface area (Å²) in [5.41, 5.74) is 1.16. The smallest absolute Gasteiger partial charge is 0.0980 e. The van der Waals surface area contributed by atoms with Crippen molar-refractivity contribution >= 4 is 0 Å². The van der Waals surface area contributed by atoms with Gasteiger partial charge in [0.2, 0.25) is 0 Å². The van der Waals surface area contributed by atoms with Crippen LogP contribution in [0.25, 0.3) is 0 Å². The van der Waals surface area contributed by atoms with Crippen LogP contribution < -0.4 is 5.32 Å². The maximum Gasteiger partial charge on any atom is 0.0980 e. The molecule has 1 aromatic heterocycles. The second-order valence-corrected chi connectivity index (χ2v) is 3.01. The van der Waals surface area contributed by atoms with E-state index in [1.54, 1.807) is 4.68 Å². The van der Waals surface area contributed by atoms with E-state index in [1.807, 2.05) is 33.3 Å². The van der Waals surface area contributed by atoms with Crippen molar-refractivity contribution in [3.8, 4) is 0 Å². The predicted octanol–water partition coefficient (Wildman–Crippen LogP) is 1.11. The molecular weight excluding hydrogens is 178 g/mol. The number of aromatic nitrogens is 2. The van der Waals surface area contributed by atoms with Crippen molar-refractivity contribution in [1.82, 2.24) is 15.1 Å².